The van der Waals surface area contributed by atoms with E-state index in [0.29, 0.717) is 22.7 Å². The number of benzene rings is 3. The van der Waals surface area contributed by atoms with Gasteiger partial charge in [0.2, 0.25) is 5.91 Å². The molecule has 3 aromatic carbocycles. The van der Waals surface area contributed by atoms with E-state index < -0.39 is 5.41 Å². The number of hydrogen-bond acceptors (Lipinski definition) is 2. The summed E-state index contributed by atoms with van der Waals surface area (Å²) in [6, 6.07) is 26.6. The summed E-state index contributed by atoms with van der Waals surface area (Å²) in [7, 11) is 0. The number of nitrogens with one attached hydrogen (secondary N) is 1. The molecule has 0 aliphatic heterocycles. The Morgan fingerprint density at radius 2 is 1.67 bits per heavy atom. The number of carbonyl (C=O) groups is 1. The van der Waals surface area contributed by atoms with Gasteiger partial charge in [0.25, 0.3) is 0 Å². The number of halogens is 1. The van der Waals surface area contributed by atoms with Gasteiger partial charge in [0.1, 0.15) is 6.07 Å². The first-order chi connectivity index (χ1) is 13.0. The van der Waals surface area contributed by atoms with Crippen LogP contribution in [0.4, 0.5) is 5.69 Å². The van der Waals surface area contributed by atoms with Crippen molar-refractivity contribution in [2.75, 3.05) is 5.32 Å². The van der Waals surface area contributed by atoms with E-state index in [-0.39, 0.29) is 5.91 Å². The number of rotatable bonds is 5. The van der Waals surface area contributed by atoms with Gasteiger partial charge in [0.15, 0.2) is 0 Å². The molecule has 0 heterocycles. The van der Waals surface area contributed by atoms with Crippen molar-refractivity contribution >= 4 is 23.2 Å². The van der Waals surface area contributed by atoms with Gasteiger partial charge >= 0.3 is 0 Å². The Morgan fingerprint density at radius 3 is 2.26 bits per heavy atom. The Balaban J connectivity index is 1.94. The molecule has 0 aliphatic carbocycles. The van der Waals surface area contributed by atoms with Crippen molar-refractivity contribution in [2.45, 2.75) is 18.8 Å². The Kier molecular flexibility index (Phi) is 5.59. The van der Waals surface area contributed by atoms with E-state index in [1.54, 1.807) is 18.2 Å². The average Bonchev–Trinajstić information content (AvgIpc) is 2.69. The maximum atomic E-state index is 13.3. The zero-order valence-corrected chi connectivity index (χ0v) is 15.7. The molecule has 3 rings (SSSR count). The quantitative estimate of drug-likeness (QED) is 0.654. The molecule has 3 aromatic rings. The average molecular weight is 375 g/mol. The molecule has 1 N–H and O–H groups in total. The van der Waals surface area contributed by atoms with Crippen molar-refractivity contribution in [3.05, 3.63) is 101 Å². The van der Waals surface area contributed by atoms with Crippen molar-refractivity contribution in [3.8, 4) is 6.07 Å². The van der Waals surface area contributed by atoms with Crippen LogP contribution in [0.1, 0.15) is 23.6 Å². The van der Waals surface area contributed by atoms with Crippen LogP contribution in [-0.2, 0) is 16.6 Å². The van der Waals surface area contributed by atoms with E-state index in [0.717, 1.165) is 11.1 Å². The second-order valence-corrected chi connectivity index (χ2v) is 7.03. The van der Waals surface area contributed by atoms with Crippen LogP contribution in [0.2, 0.25) is 5.02 Å². The van der Waals surface area contributed by atoms with Gasteiger partial charge in [-0.1, -0.05) is 72.3 Å². The Hall–Kier alpha value is -3.09. The Labute approximate surface area is 164 Å². The summed E-state index contributed by atoms with van der Waals surface area (Å²) in [4.78, 5) is 13.3. The fourth-order valence-corrected chi connectivity index (χ4v) is 3.30. The zero-order valence-electron chi connectivity index (χ0n) is 14.9. The molecule has 0 spiro atoms. The number of nitrogens with zero attached hydrogens (tertiary/aromatic N) is 1. The third-order valence-electron chi connectivity index (χ3n) is 4.66. The maximum Gasteiger partial charge on any atom is 0.235 e. The molecule has 134 valence electrons. The van der Waals surface area contributed by atoms with Gasteiger partial charge in [-0.2, -0.15) is 5.26 Å². The summed E-state index contributed by atoms with van der Waals surface area (Å²) in [6.45, 7) is 1.94. The van der Waals surface area contributed by atoms with E-state index in [1.807, 2.05) is 73.7 Å². The van der Waals surface area contributed by atoms with E-state index in [2.05, 4.69) is 5.32 Å². The lowest BCUT2D eigenvalue weighted by Crippen LogP contribution is -2.39. The second kappa shape index (κ2) is 8.07. The normalized spacial score (nSPS) is 12.6. The molecule has 1 unspecified atom stereocenters. The highest BCUT2D eigenvalue weighted by molar-refractivity contribution is 6.32. The molecule has 0 radical (unpaired) electrons. The number of amides is 1. The molecule has 4 heteroatoms. The van der Waals surface area contributed by atoms with E-state index in [9.17, 15) is 4.79 Å². The lowest BCUT2D eigenvalue weighted by Gasteiger charge is -2.29. The fraction of sp³-hybridized carbons (Fsp3) is 0.130. The van der Waals surface area contributed by atoms with Crippen LogP contribution in [0.15, 0.2) is 78.9 Å². The number of nitriles is 1. The molecule has 0 aliphatic rings. The van der Waals surface area contributed by atoms with Gasteiger partial charge in [0.05, 0.1) is 16.0 Å². The van der Waals surface area contributed by atoms with Gasteiger partial charge in [-0.15, -0.1) is 0 Å². The van der Waals surface area contributed by atoms with Crippen molar-refractivity contribution in [1.82, 2.24) is 0 Å². The largest absolute Gasteiger partial charge is 0.325 e. The topological polar surface area (TPSA) is 52.9 Å². The van der Waals surface area contributed by atoms with Crippen LogP contribution in [0.25, 0.3) is 0 Å². The van der Waals surface area contributed by atoms with E-state index in [1.165, 1.54) is 0 Å². The third-order valence-corrected chi connectivity index (χ3v) is 4.97. The van der Waals surface area contributed by atoms with Crippen molar-refractivity contribution in [1.29, 1.82) is 5.26 Å². The predicted octanol–water partition coefficient (Wildman–Crippen LogP) is 5.35. The predicted molar refractivity (Wildman–Crippen MR) is 109 cm³/mol. The van der Waals surface area contributed by atoms with Gasteiger partial charge < -0.3 is 5.32 Å². The van der Waals surface area contributed by atoms with Crippen LogP contribution >= 0.6 is 11.6 Å². The highest BCUT2D eigenvalue weighted by Crippen LogP contribution is 2.31. The first kappa shape index (κ1) is 18.7. The number of anilines is 1. The van der Waals surface area contributed by atoms with Crippen molar-refractivity contribution in [2.24, 2.45) is 0 Å². The van der Waals surface area contributed by atoms with Gasteiger partial charge in [-0.05, 0) is 42.7 Å². The molecule has 0 aromatic heterocycles. The fourth-order valence-electron chi connectivity index (χ4n) is 3.08. The Morgan fingerprint density at radius 1 is 1.04 bits per heavy atom. The number of hydrogen-bond donors (Lipinski definition) is 1. The van der Waals surface area contributed by atoms with Crippen LogP contribution in [0.5, 0.6) is 0 Å². The monoisotopic (exact) mass is 374 g/mol. The molecule has 0 saturated carbocycles. The summed E-state index contributed by atoms with van der Waals surface area (Å²) >= 11 is 6.10. The van der Waals surface area contributed by atoms with E-state index >= 15 is 0 Å². The van der Waals surface area contributed by atoms with Crippen LogP contribution in [0.3, 0.4) is 0 Å². The van der Waals surface area contributed by atoms with Crippen LogP contribution in [-0.4, -0.2) is 5.91 Å². The molecular formula is C23H19ClN2O. The lowest BCUT2D eigenvalue weighted by molar-refractivity contribution is -0.121. The summed E-state index contributed by atoms with van der Waals surface area (Å²) in [6.07, 6.45) is 0.563. The third kappa shape index (κ3) is 4.19. The standard InChI is InChI=1S/C23H19ClN2O/c1-23(19-10-6-3-7-11-19,15-17-8-4-2-5-9-17)22(27)26-20-13-12-18(16-25)21(24)14-20/h2-14H,15H2,1H3,(H,26,27). The number of carbonyl (C=O) groups excluding carboxylic acids is 1. The summed E-state index contributed by atoms with van der Waals surface area (Å²) in [5, 5.41) is 12.3. The molecule has 1 atom stereocenters. The highest BCUT2D eigenvalue weighted by Gasteiger charge is 2.35. The second-order valence-electron chi connectivity index (χ2n) is 6.62. The highest BCUT2D eigenvalue weighted by atomic mass is 35.5. The molecule has 0 fully saturated rings. The van der Waals surface area contributed by atoms with Gasteiger partial charge in [0, 0.05) is 5.69 Å². The summed E-state index contributed by atoms with van der Waals surface area (Å²) < 4.78 is 0. The Bertz CT molecular complexity index is 980. The van der Waals surface area contributed by atoms with Crippen molar-refractivity contribution < 1.29 is 4.79 Å². The van der Waals surface area contributed by atoms with Crippen LogP contribution in [0, 0.1) is 11.3 Å². The zero-order chi connectivity index (χ0) is 19.3. The van der Waals surface area contributed by atoms with Gasteiger partial charge in [-0.25, -0.2) is 0 Å². The first-order valence-electron chi connectivity index (χ1n) is 8.63. The minimum atomic E-state index is -0.761. The van der Waals surface area contributed by atoms with Crippen LogP contribution < -0.4 is 5.32 Å². The SMILES string of the molecule is CC(Cc1ccccc1)(C(=O)Nc1ccc(C#N)c(Cl)c1)c1ccccc1. The minimum absolute atomic E-state index is 0.127. The first-order valence-corrected chi connectivity index (χ1v) is 9.01. The lowest BCUT2D eigenvalue weighted by atomic mass is 9.76. The van der Waals surface area contributed by atoms with Gasteiger partial charge in [-0.3, -0.25) is 4.79 Å². The molecular weight excluding hydrogens is 356 g/mol. The van der Waals surface area contributed by atoms with Crippen molar-refractivity contribution in [3.63, 3.8) is 0 Å². The molecule has 0 bridgehead atoms. The molecule has 27 heavy (non-hydrogen) atoms. The molecule has 3 nitrogen and oxygen atoms in total. The minimum Gasteiger partial charge on any atom is -0.325 e. The smallest absolute Gasteiger partial charge is 0.235 e. The maximum absolute atomic E-state index is 13.3. The molecule has 0 saturated heterocycles. The summed E-state index contributed by atoms with van der Waals surface area (Å²) in [5.41, 5.74) is 2.20. The molecule has 1 amide bonds. The summed E-state index contributed by atoms with van der Waals surface area (Å²) in [5.74, 6) is -0.127. The van der Waals surface area contributed by atoms with E-state index in [4.69, 9.17) is 16.9 Å².